The Bertz CT molecular complexity index is 1300. The van der Waals surface area contributed by atoms with Crippen LogP contribution in [0.1, 0.15) is 11.1 Å². The van der Waals surface area contributed by atoms with Crippen LogP contribution in [0.15, 0.2) is 60.8 Å². The highest BCUT2D eigenvalue weighted by Gasteiger charge is 2.16. The van der Waals surface area contributed by atoms with E-state index >= 15 is 0 Å². The lowest BCUT2D eigenvalue weighted by molar-refractivity contribution is -0.00711. The molecule has 0 aliphatic rings. The maximum atomic E-state index is 14.4. The fourth-order valence-corrected chi connectivity index (χ4v) is 3.00. The quantitative estimate of drug-likeness (QED) is 0.211. The van der Waals surface area contributed by atoms with Gasteiger partial charge in [0.1, 0.15) is 29.8 Å². The van der Waals surface area contributed by atoms with Crippen LogP contribution in [0, 0.1) is 41.8 Å². The minimum Gasteiger partial charge on any atom is -0.294 e. The summed E-state index contributed by atoms with van der Waals surface area (Å²) >= 11 is 0. The van der Waals surface area contributed by atoms with Crippen molar-refractivity contribution >= 4 is 0 Å². The number of pyridine rings is 1. The van der Waals surface area contributed by atoms with Gasteiger partial charge in [0, 0.05) is 34.0 Å². The molecule has 0 atom stereocenters. The van der Waals surface area contributed by atoms with Gasteiger partial charge >= 0.3 is 0 Å². The van der Waals surface area contributed by atoms with E-state index < -0.39 is 52.9 Å². The Morgan fingerprint density at radius 1 is 0.686 bits per heavy atom. The molecule has 4 aromatic rings. The third kappa shape index (κ3) is 5.95. The molecule has 0 saturated carbocycles. The summed E-state index contributed by atoms with van der Waals surface area (Å²) in [6, 6.07) is 11.3. The molecule has 1 aromatic heterocycles. The average molecular weight is 497 g/mol. The molecular formula is C25H15F8NO. The summed E-state index contributed by atoms with van der Waals surface area (Å²) in [5.74, 6) is -8.16. The molecule has 10 heteroatoms. The molecule has 0 aliphatic heterocycles. The lowest BCUT2D eigenvalue weighted by Gasteiger charge is -2.08. The van der Waals surface area contributed by atoms with Gasteiger partial charge in [-0.05, 0) is 30.7 Å². The summed E-state index contributed by atoms with van der Waals surface area (Å²) in [5, 5.41) is 0. The van der Waals surface area contributed by atoms with Gasteiger partial charge in [-0.1, -0.05) is 29.8 Å². The van der Waals surface area contributed by atoms with Crippen molar-refractivity contribution in [3.63, 3.8) is 0 Å². The van der Waals surface area contributed by atoms with Crippen molar-refractivity contribution in [2.24, 2.45) is 0 Å². The van der Waals surface area contributed by atoms with Crippen molar-refractivity contribution in [1.29, 1.82) is 0 Å². The molecule has 0 radical (unpaired) electrons. The standard InChI is InChI=1S/C19H13F4N.C6H2F4O/c1-11-2-4-12(5-3-11)14-8-18(23)19(24-10-14)13-6-16(21)15(9-20)17(22)7-13;7-4-1-3(11-10)2-5(8)6(4)9/h2-8,10H,9H2,1H3;1-2H. The van der Waals surface area contributed by atoms with Gasteiger partial charge in [0.05, 0.1) is 5.56 Å². The van der Waals surface area contributed by atoms with E-state index in [-0.39, 0.29) is 11.3 Å². The molecule has 182 valence electrons. The van der Waals surface area contributed by atoms with Gasteiger partial charge in [-0.25, -0.2) is 30.7 Å². The van der Waals surface area contributed by atoms with Crippen LogP contribution in [0.5, 0.6) is 5.75 Å². The van der Waals surface area contributed by atoms with E-state index in [9.17, 15) is 35.3 Å². The predicted molar refractivity (Wildman–Crippen MR) is 113 cm³/mol. The Morgan fingerprint density at radius 2 is 1.23 bits per heavy atom. The van der Waals surface area contributed by atoms with E-state index in [0.717, 1.165) is 23.3 Å². The van der Waals surface area contributed by atoms with Crippen molar-refractivity contribution < 1.29 is 40.2 Å². The molecule has 0 saturated heterocycles. The van der Waals surface area contributed by atoms with Crippen LogP contribution in [0.25, 0.3) is 22.4 Å². The Labute approximate surface area is 194 Å². The second-order valence-corrected chi connectivity index (χ2v) is 7.25. The highest BCUT2D eigenvalue weighted by Crippen LogP contribution is 2.28. The molecule has 0 spiro atoms. The lowest BCUT2D eigenvalue weighted by Crippen LogP contribution is -1.97. The molecule has 0 fully saturated rings. The number of hydrogen-bond acceptors (Lipinski definition) is 2. The summed E-state index contributed by atoms with van der Waals surface area (Å²) in [7, 11) is 0. The molecule has 0 amide bonds. The van der Waals surface area contributed by atoms with E-state index in [1.54, 1.807) is 0 Å². The van der Waals surface area contributed by atoms with E-state index in [1.807, 2.05) is 31.2 Å². The molecule has 0 unspecified atom stereocenters. The number of benzene rings is 3. The summed E-state index contributed by atoms with van der Waals surface area (Å²) in [6.07, 6.45) is 1.43. The predicted octanol–water partition coefficient (Wildman–Crippen LogP) is 7.98. The van der Waals surface area contributed by atoms with Crippen molar-refractivity contribution in [2.75, 3.05) is 0 Å². The minimum atomic E-state index is -1.65. The molecule has 0 aliphatic carbocycles. The summed E-state index contributed by atoms with van der Waals surface area (Å²) in [4.78, 5) is 6.97. The number of nitrogens with zero attached hydrogens (tertiary/aromatic N) is 1. The number of aryl methyl sites for hydroxylation is 1. The normalized spacial score (nSPS) is 10.5. The lowest BCUT2D eigenvalue weighted by atomic mass is 10.0. The van der Waals surface area contributed by atoms with Crippen molar-refractivity contribution in [3.8, 4) is 28.1 Å². The van der Waals surface area contributed by atoms with Crippen molar-refractivity contribution in [1.82, 2.24) is 4.98 Å². The fourth-order valence-electron chi connectivity index (χ4n) is 3.00. The van der Waals surface area contributed by atoms with Crippen molar-refractivity contribution in [2.45, 2.75) is 13.6 Å². The Morgan fingerprint density at radius 3 is 1.71 bits per heavy atom. The maximum absolute atomic E-state index is 14.4. The van der Waals surface area contributed by atoms with Crippen LogP contribution in [-0.2, 0) is 6.67 Å². The van der Waals surface area contributed by atoms with Crippen LogP contribution >= 0.6 is 0 Å². The first-order chi connectivity index (χ1) is 16.6. The van der Waals surface area contributed by atoms with Gasteiger partial charge in [0.2, 0.25) is 0 Å². The van der Waals surface area contributed by atoms with E-state index in [2.05, 4.69) is 9.93 Å². The van der Waals surface area contributed by atoms with Crippen LogP contribution in [0.3, 0.4) is 0 Å². The monoisotopic (exact) mass is 497 g/mol. The molecule has 4 rings (SSSR count). The second kappa shape index (κ2) is 11.0. The maximum Gasteiger partial charge on any atom is 0.194 e. The molecule has 0 N–H and O–H groups in total. The van der Waals surface area contributed by atoms with Gasteiger partial charge in [0.15, 0.2) is 23.2 Å². The van der Waals surface area contributed by atoms with Gasteiger partial charge in [-0.3, -0.25) is 9.93 Å². The Kier molecular flexibility index (Phi) is 8.06. The summed E-state index contributed by atoms with van der Waals surface area (Å²) in [6.45, 7) is 0.677. The number of hydrogen-bond donors (Lipinski definition) is 0. The molecular weight excluding hydrogens is 482 g/mol. The highest BCUT2D eigenvalue weighted by molar-refractivity contribution is 5.67. The van der Waals surface area contributed by atoms with Crippen LogP contribution in [-0.4, -0.2) is 4.98 Å². The first-order valence-corrected chi connectivity index (χ1v) is 9.84. The second-order valence-electron chi connectivity index (χ2n) is 7.25. The first-order valence-electron chi connectivity index (χ1n) is 9.84. The van der Waals surface area contributed by atoms with Crippen LogP contribution in [0.4, 0.5) is 35.3 Å². The molecule has 3 aromatic carbocycles. The van der Waals surface area contributed by atoms with Crippen molar-refractivity contribution in [3.05, 3.63) is 107 Å². The van der Waals surface area contributed by atoms with Crippen LogP contribution < -0.4 is 4.94 Å². The largest absolute Gasteiger partial charge is 0.294 e. The Hall–Kier alpha value is -3.95. The van der Waals surface area contributed by atoms with E-state index in [1.165, 1.54) is 12.3 Å². The smallest absolute Gasteiger partial charge is 0.194 e. The number of alkyl halides is 1. The molecule has 0 bridgehead atoms. The first kappa shape index (κ1) is 25.7. The van der Waals surface area contributed by atoms with Crippen LogP contribution in [0.2, 0.25) is 0 Å². The molecule has 1 heterocycles. The zero-order chi connectivity index (χ0) is 25.7. The van der Waals surface area contributed by atoms with Gasteiger partial charge < -0.3 is 0 Å². The molecule has 2 nitrogen and oxygen atoms in total. The van der Waals surface area contributed by atoms with Gasteiger partial charge in [-0.2, -0.15) is 0 Å². The zero-order valence-electron chi connectivity index (χ0n) is 17.9. The number of rotatable bonds is 4. The summed E-state index contributed by atoms with van der Waals surface area (Å²) < 4.78 is 102. The molecule has 35 heavy (non-hydrogen) atoms. The average Bonchev–Trinajstić information content (AvgIpc) is 2.82. The van der Waals surface area contributed by atoms with E-state index in [4.69, 9.17) is 0 Å². The Balaban J connectivity index is 0.000000261. The van der Waals surface area contributed by atoms with Gasteiger partial charge in [-0.15, -0.1) is 0 Å². The number of halogens is 8. The summed E-state index contributed by atoms with van der Waals surface area (Å²) in [5.41, 5.74) is 1.48. The topological polar surface area (TPSA) is 22.1 Å². The fraction of sp³-hybridized carbons (Fsp3) is 0.0800. The highest BCUT2D eigenvalue weighted by atomic mass is 19.3. The zero-order valence-corrected chi connectivity index (χ0v) is 17.9. The third-order valence-corrected chi connectivity index (χ3v) is 4.82. The third-order valence-electron chi connectivity index (χ3n) is 4.82. The SMILES string of the molecule is Cc1ccc(-c2cnc(-c3cc(F)c(CF)c(F)c3)c(F)c2)cc1.FOc1cc(F)c(F)c(F)c1. The minimum absolute atomic E-state index is 0.0739. The number of aromatic nitrogens is 1. The van der Waals surface area contributed by atoms with Gasteiger partial charge in [0.25, 0.3) is 0 Å². The van der Waals surface area contributed by atoms with E-state index in [0.29, 0.717) is 17.7 Å².